The minimum atomic E-state index is 0.793. The Morgan fingerprint density at radius 2 is 1.79 bits per heavy atom. The van der Waals surface area contributed by atoms with E-state index in [4.69, 9.17) is 0 Å². The maximum absolute atomic E-state index is 2.38. The van der Waals surface area contributed by atoms with Crippen LogP contribution in [0.1, 0.15) is 53.4 Å². The molecular formula is C14H24. The minimum absolute atomic E-state index is 0.793. The molecule has 0 N–H and O–H groups in total. The van der Waals surface area contributed by atoms with Gasteiger partial charge in [0.25, 0.3) is 0 Å². The molecule has 0 aliphatic heterocycles. The Hall–Kier alpha value is -0.520. The lowest BCUT2D eigenvalue weighted by atomic mass is 9.86. The van der Waals surface area contributed by atoms with Crippen LogP contribution < -0.4 is 0 Å². The van der Waals surface area contributed by atoms with Gasteiger partial charge in [-0.15, -0.1) is 0 Å². The lowest BCUT2D eigenvalue weighted by Crippen LogP contribution is -2.04. The van der Waals surface area contributed by atoms with Crippen LogP contribution in [0.3, 0.4) is 0 Å². The molecule has 0 nitrogen and oxygen atoms in total. The first kappa shape index (κ1) is 11.6. The van der Waals surface area contributed by atoms with Gasteiger partial charge in [-0.2, -0.15) is 0 Å². The van der Waals surface area contributed by atoms with E-state index in [9.17, 15) is 0 Å². The lowest BCUT2D eigenvalue weighted by molar-refractivity contribution is 0.480. The van der Waals surface area contributed by atoms with E-state index >= 15 is 0 Å². The van der Waals surface area contributed by atoms with Crippen LogP contribution in [0.25, 0.3) is 0 Å². The summed E-state index contributed by atoms with van der Waals surface area (Å²) in [5, 5.41) is 0. The van der Waals surface area contributed by atoms with Crippen molar-refractivity contribution in [3.63, 3.8) is 0 Å². The smallest absolute Gasteiger partial charge is 0.0228 e. The van der Waals surface area contributed by atoms with Gasteiger partial charge in [-0.3, -0.25) is 0 Å². The molecule has 1 rings (SSSR count). The highest BCUT2D eigenvalue weighted by molar-refractivity contribution is 5.24. The van der Waals surface area contributed by atoms with Crippen molar-refractivity contribution >= 4 is 0 Å². The Labute approximate surface area is 89.1 Å². The molecule has 0 radical (unpaired) electrons. The molecule has 0 saturated carbocycles. The standard InChI is InChI=1S/C14H24/c1-11(2)5-8-13(4)14-9-6-12(3)7-10-14/h6,9,11,13H,5,7-8,10H2,1-4H3. The average molecular weight is 192 g/mol. The molecule has 0 heterocycles. The topological polar surface area (TPSA) is 0 Å². The zero-order valence-corrected chi connectivity index (χ0v) is 10.1. The van der Waals surface area contributed by atoms with E-state index in [1.165, 1.54) is 31.3 Å². The Balaban J connectivity index is 2.41. The van der Waals surface area contributed by atoms with Crippen molar-refractivity contribution in [1.29, 1.82) is 0 Å². The second kappa shape index (κ2) is 5.38. The second-order valence-electron chi connectivity index (χ2n) is 5.13. The number of hydrogen-bond acceptors (Lipinski definition) is 0. The number of rotatable bonds is 4. The predicted molar refractivity (Wildman–Crippen MR) is 64.3 cm³/mol. The van der Waals surface area contributed by atoms with Gasteiger partial charge in [-0.25, -0.2) is 0 Å². The Morgan fingerprint density at radius 3 is 2.29 bits per heavy atom. The largest absolute Gasteiger partial charge is 0.0730 e. The first-order valence-corrected chi connectivity index (χ1v) is 5.96. The van der Waals surface area contributed by atoms with Gasteiger partial charge in [-0.1, -0.05) is 50.5 Å². The summed E-state index contributed by atoms with van der Waals surface area (Å²) < 4.78 is 0. The fraction of sp³-hybridized carbons (Fsp3) is 0.714. The van der Waals surface area contributed by atoms with E-state index in [-0.39, 0.29) is 0 Å². The minimum Gasteiger partial charge on any atom is -0.0730 e. The summed E-state index contributed by atoms with van der Waals surface area (Å²) in [6, 6.07) is 0. The first-order chi connectivity index (χ1) is 6.59. The van der Waals surface area contributed by atoms with Gasteiger partial charge >= 0.3 is 0 Å². The van der Waals surface area contributed by atoms with Crippen LogP contribution in [0.15, 0.2) is 23.3 Å². The fourth-order valence-electron chi connectivity index (χ4n) is 1.94. The van der Waals surface area contributed by atoms with Crippen molar-refractivity contribution in [1.82, 2.24) is 0 Å². The molecule has 0 aromatic heterocycles. The van der Waals surface area contributed by atoms with Gasteiger partial charge in [-0.05, 0) is 38.0 Å². The molecular weight excluding hydrogens is 168 g/mol. The third kappa shape index (κ3) is 3.69. The summed E-state index contributed by atoms with van der Waals surface area (Å²) in [6.45, 7) is 9.23. The first-order valence-electron chi connectivity index (χ1n) is 5.96. The molecule has 0 saturated heterocycles. The van der Waals surface area contributed by atoms with Crippen LogP contribution in [0.2, 0.25) is 0 Å². The SMILES string of the molecule is CC1=CC=C(C(C)CCC(C)C)CC1. The van der Waals surface area contributed by atoms with Crippen LogP contribution in [0.4, 0.5) is 0 Å². The Kier molecular flexibility index (Phi) is 4.44. The normalized spacial score (nSPS) is 19.2. The molecule has 0 aromatic rings. The van der Waals surface area contributed by atoms with Crippen LogP contribution in [-0.2, 0) is 0 Å². The number of allylic oxidation sites excluding steroid dienone is 4. The van der Waals surface area contributed by atoms with Crippen LogP contribution in [0, 0.1) is 11.8 Å². The summed E-state index contributed by atoms with van der Waals surface area (Å²) >= 11 is 0. The molecule has 0 heteroatoms. The van der Waals surface area contributed by atoms with Crippen LogP contribution in [0.5, 0.6) is 0 Å². The summed E-state index contributed by atoms with van der Waals surface area (Å²) in [5.41, 5.74) is 3.20. The average Bonchev–Trinajstić information content (AvgIpc) is 2.15. The zero-order valence-electron chi connectivity index (χ0n) is 10.1. The molecule has 80 valence electrons. The molecule has 0 spiro atoms. The summed E-state index contributed by atoms with van der Waals surface area (Å²) in [6.07, 6.45) is 9.94. The van der Waals surface area contributed by atoms with Gasteiger partial charge < -0.3 is 0 Å². The van der Waals surface area contributed by atoms with E-state index in [1.807, 2.05) is 0 Å². The third-order valence-electron chi connectivity index (χ3n) is 3.20. The highest BCUT2D eigenvalue weighted by Gasteiger charge is 2.11. The van der Waals surface area contributed by atoms with Gasteiger partial charge in [0, 0.05) is 0 Å². The van der Waals surface area contributed by atoms with Crippen molar-refractivity contribution in [3.8, 4) is 0 Å². The van der Waals surface area contributed by atoms with Gasteiger partial charge in [0.05, 0.1) is 0 Å². The van der Waals surface area contributed by atoms with Crippen molar-refractivity contribution in [3.05, 3.63) is 23.3 Å². The fourth-order valence-corrected chi connectivity index (χ4v) is 1.94. The van der Waals surface area contributed by atoms with Gasteiger partial charge in [0.2, 0.25) is 0 Å². The van der Waals surface area contributed by atoms with Crippen molar-refractivity contribution < 1.29 is 0 Å². The molecule has 1 aliphatic rings. The molecule has 0 fully saturated rings. The quantitative estimate of drug-likeness (QED) is 0.604. The maximum Gasteiger partial charge on any atom is -0.0228 e. The van der Waals surface area contributed by atoms with E-state index in [1.54, 1.807) is 5.57 Å². The maximum atomic E-state index is 2.38. The molecule has 0 bridgehead atoms. The van der Waals surface area contributed by atoms with Crippen LogP contribution >= 0.6 is 0 Å². The summed E-state index contributed by atoms with van der Waals surface area (Å²) in [7, 11) is 0. The highest BCUT2D eigenvalue weighted by atomic mass is 14.2. The molecule has 0 amide bonds. The highest BCUT2D eigenvalue weighted by Crippen LogP contribution is 2.27. The van der Waals surface area contributed by atoms with E-state index in [0.29, 0.717) is 0 Å². The van der Waals surface area contributed by atoms with Gasteiger partial charge in [0.15, 0.2) is 0 Å². The van der Waals surface area contributed by atoms with E-state index < -0.39 is 0 Å². The van der Waals surface area contributed by atoms with E-state index in [0.717, 1.165) is 11.8 Å². The Bertz CT molecular complexity index is 230. The summed E-state index contributed by atoms with van der Waals surface area (Å²) in [5.74, 6) is 1.64. The molecule has 1 unspecified atom stereocenters. The third-order valence-corrected chi connectivity index (χ3v) is 3.20. The van der Waals surface area contributed by atoms with Crippen molar-refractivity contribution in [2.75, 3.05) is 0 Å². The monoisotopic (exact) mass is 192 g/mol. The molecule has 1 aliphatic carbocycles. The van der Waals surface area contributed by atoms with Crippen molar-refractivity contribution in [2.45, 2.75) is 53.4 Å². The predicted octanol–water partition coefficient (Wildman–Crippen LogP) is 4.73. The Morgan fingerprint density at radius 1 is 1.07 bits per heavy atom. The van der Waals surface area contributed by atoms with Crippen LogP contribution in [-0.4, -0.2) is 0 Å². The molecule has 1 atom stereocenters. The van der Waals surface area contributed by atoms with Gasteiger partial charge in [0.1, 0.15) is 0 Å². The van der Waals surface area contributed by atoms with Crippen molar-refractivity contribution in [2.24, 2.45) is 11.8 Å². The lowest BCUT2D eigenvalue weighted by Gasteiger charge is -2.19. The van der Waals surface area contributed by atoms with E-state index in [2.05, 4.69) is 39.8 Å². The zero-order chi connectivity index (χ0) is 10.6. The number of hydrogen-bond donors (Lipinski definition) is 0. The summed E-state index contributed by atoms with van der Waals surface area (Å²) in [4.78, 5) is 0. The second-order valence-corrected chi connectivity index (χ2v) is 5.13. The molecule has 0 aromatic carbocycles. The molecule has 14 heavy (non-hydrogen) atoms.